The molecule has 2 N–H and O–H groups in total. The number of amides is 1. The Morgan fingerprint density at radius 3 is 2.36 bits per heavy atom. The number of para-hydroxylation sites is 2. The summed E-state index contributed by atoms with van der Waals surface area (Å²) in [5, 5.41) is 6.20. The number of morpholine rings is 1. The van der Waals surface area contributed by atoms with Crippen LogP contribution < -0.4 is 20.3 Å². The highest BCUT2D eigenvalue weighted by molar-refractivity contribution is 6.06. The van der Waals surface area contributed by atoms with E-state index < -0.39 is 0 Å². The van der Waals surface area contributed by atoms with Crippen molar-refractivity contribution in [1.29, 1.82) is 0 Å². The Bertz CT molecular complexity index is 1320. The molecule has 4 aromatic rings. The highest BCUT2D eigenvalue weighted by atomic mass is 16.5. The van der Waals surface area contributed by atoms with Crippen LogP contribution >= 0.6 is 0 Å². The molecule has 0 aliphatic carbocycles. The van der Waals surface area contributed by atoms with Gasteiger partial charge in [-0.25, -0.2) is 4.98 Å². The standard InChI is InChI=1S/C28H27N5O3/c1-20-19-26(33-15-17-35-18-16-33)32-28(29-20)31-22-13-11-21(12-14-22)30-27(34)24-9-5-6-10-25(24)36-23-7-3-2-4-8-23/h2-14,19H,15-18H2,1H3,(H,30,34)(H,29,31,32). The maximum Gasteiger partial charge on any atom is 0.259 e. The largest absolute Gasteiger partial charge is 0.457 e. The van der Waals surface area contributed by atoms with Gasteiger partial charge in [0.05, 0.1) is 18.8 Å². The van der Waals surface area contributed by atoms with Crippen molar-refractivity contribution in [2.45, 2.75) is 6.92 Å². The van der Waals surface area contributed by atoms with Crippen LogP contribution in [-0.4, -0.2) is 42.2 Å². The molecule has 0 saturated carbocycles. The third-order valence-corrected chi connectivity index (χ3v) is 5.68. The predicted molar refractivity (Wildman–Crippen MR) is 140 cm³/mol. The molecule has 0 bridgehead atoms. The summed E-state index contributed by atoms with van der Waals surface area (Å²) in [6.07, 6.45) is 0. The Morgan fingerprint density at radius 1 is 0.889 bits per heavy atom. The Labute approximate surface area is 209 Å². The van der Waals surface area contributed by atoms with E-state index in [1.807, 2.05) is 79.7 Å². The van der Waals surface area contributed by atoms with Crippen molar-refractivity contribution < 1.29 is 14.3 Å². The molecule has 1 saturated heterocycles. The normalized spacial score (nSPS) is 13.2. The number of ether oxygens (including phenoxy) is 2. The van der Waals surface area contributed by atoms with Crippen molar-refractivity contribution in [1.82, 2.24) is 9.97 Å². The molecule has 3 aromatic carbocycles. The lowest BCUT2D eigenvalue weighted by Gasteiger charge is -2.28. The Balaban J connectivity index is 1.26. The van der Waals surface area contributed by atoms with Crippen LogP contribution in [0.1, 0.15) is 16.1 Å². The molecule has 36 heavy (non-hydrogen) atoms. The zero-order chi connectivity index (χ0) is 24.7. The highest BCUT2D eigenvalue weighted by Crippen LogP contribution is 2.26. The second-order valence-corrected chi connectivity index (χ2v) is 8.36. The minimum Gasteiger partial charge on any atom is -0.457 e. The first kappa shape index (κ1) is 23.3. The zero-order valence-corrected chi connectivity index (χ0v) is 20.0. The smallest absolute Gasteiger partial charge is 0.259 e. The molecule has 1 aliphatic heterocycles. The number of carbonyl (C=O) groups excluding carboxylic acids is 1. The molecule has 182 valence electrons. The number of aryl methyl sites for hydroxylation is 1. The summed E-state index contributed by atoms with van der Waals surface area (Å²) in [4.78, 5) is 24.4. The van der Waals surface area contributed by atoms with Crippen molar-refractivity contribution in [2.24, 2.45) is 0 Å². The van der Waals surface area contributed by atoms with Crippen molar-refractivity contribution in [3.05, 3.63) is 96.2 Å². The van der Waals surface area contributed by atoms with Crippen LogP contribution in [0.3, 0.4) is 0 Å². The second kappa shape index (κ2) is 10.9. The number of benzene rings is 3. The van der Waals surface area contributed by atoms with Crippen molar-refractivity contribution in [3.8, 4) is 11.5 Å². The average Bonchev–Trinajstić information content (AvgIpc) is 2.91. The third-order valence-electron chi connectivity index (χ3n) is 5.68. The summed E-state index contributed by atoms with van der Waals surface area (Å²) in [5.41, 5.74) is 2.82. The van der Waals surface area contributed by atoms with E-state index in [1.54, 1.807) is 12.1 Å². The Morgan fingerprint density at radius 2 is 1.58 bits per heavy atom. The molecule has 2 heterocycles. The molecular formula is C28H27N5O3. The van der Waals surface area contributed by atoms with Crippen LogP contribution in [0, 0.1) is 6.92 Å². The molecule has 0 radical (unpaired) electrons. The molecule has 1 fully saturated rings. The van der Waals surface area contributed by atoms with Crippen molar-refractivity contribution >= 4 is 29.0 Å². The van der Waals surface area contributed by atoms with E-state index in [1.165, 1.54) is 0 Å². The van der Waals surface area contributed by atoms with E-state index in [2.05, 4.69) is 25.5 Å². The number of nitrogens with zero attached hydrogens (tertiary/aromatic N) is 3. The zero-order valence-electron chi connectivity index (χ0n) is 20.0. The van der Waals surface area contributed by atoms with Crippen LogP contribution in [0.25, 0.3) is 0 Å². The maximum absolute atomic E-state index is 13.0. The summed E-state index contributed by atoms with van der Waals surface area (Å²) in [6, 6.07) is 26.0. The molecule has 5 rings (SSSR count). The quantitative estimate of drug-likeness (QED) is 0.365. The first-order valence-electron chi connectivity index (χ1n) is 11.8. The van der Waals surface area contributed by atoms with E-state index in [9.17, 15) is 4.79 Å². The van der Waals surface area contributed by atoms with Gasteiger partial charge in [0, 0.05) is 36.2 Å². The van der Waals surface area contributed by atoms with E-state index in [0.717, 1.165) is 30.3 Å². The summed E-state index contributed by atoms with van der Waals surface area (Å²) in [6.45, 7) is 4.96. The van der Waals surface area contributed by atoms with Gasteiger partial charge in [-0.2, -0.15) is 4.98 Å². The number of rotatable bonds is 7. The topological polar surface area (TPSA) is 88.6 Å². The minimum absolute atomic E-state index is 0.251. The summed E-state index contributed by atoms with van der Waals surface area (Å²) in [7, 11) is 0. The number of hydrogen-bond donors (Lipinski definition) is 2. The summed E-state index contributed by atoms with van der Waals surface area (Å²) >= 11 is 0. The molecule has 1 aromatic heterocycles. The average molecular weight is 482 g/mol. The lowest BCUT2D eigenvalue weighted by molar-refractivity contribution is 0.102. The van der Waals surface area contributed by atoms with Gasteiger partial charge in [-0.3, -0.25) is 4.79 Å². The van der Waals surface area contributed by atoms with Gasteiger partial charge in [0.25, 0.3) is 5.91 Å². The fourth-order valence-electron chi connectivity index (χ4n) is 3.89. The van der Waals surface area contributed by atoms with Crippen molar-refractivity contribution in [3.63, 3.8) is 0 Å². The molecule has 0 unspecified atom stereocenters. The van der Waals surface area contributed by atoms with Gasteiger partial charge >= 0.3 is 0 Å². The fraction of sp³-hybridized carbons (Fsp3) is 0.179. The Hall–Kier alpha value is -4.43. The fourth-order valence-corrected chi connectivity index (χ4v) is 3.89. The number of carbonyl (C=O) groups is 1. The van der Waals surface area contributed by atoms with Crippen LogP contribution in [0.15, 0.2) is 84.9 Å². The molecule has 8 nitrogen and oxygen atoms in total. The van der Waals surface area contributed by atoms with Gasteiger partial charge in [-0.05, 0) is 55.5 Å². The molecule has 1 amide bonds. The summed E-state index contributed by atoms with van der Waals surface area (Å²) in [5.74, 6) is 2.32. The SMILES string of the molecule is Cc1cc(N2CCOCC2)nc(Nc2ccc(NC(=O)c3ccccc3Oc3ccccc3)cc2)n1. The van der Waals surface area contributed by atoms with Gasteiger partial charge in [-0.1, -0.05) is 30.3 Å². The van der Waals surface area contributed by atoms with Crippen LogP contribution in [0.2, 0.25) is 0 Å². The van der Waals surface area contributed by atoms with Crippen LogP contribution in [0.5, 0.6) is 11.5 Å². The lowest BCUT2D eigenvalue weighted by atomic mass is 10.1. The third kappa shape index (κ3) is 5.79. The first-order valence-corrected chi connectivity index (χ1v) is 11.8. The molecule has 1 aliphatic rings. The summed E-state index contributed by atoms with van der Waals surface area (Å²) < 4.78 is 11.4. The van der Waals surface area contributed by atoms with Gasteiger partial charge in [0.15, 0.2) is 0 Å². The molecule has 0 spiro atoms. The lowest BCUT2D eigenvalue weighted by Crippen LogP contribution is -2.36. The number of anilines is 4. The van der Waals surface area contributed by atoms with E-state index in [-0.39, 0.29) is 5.91 Å². The van der Waals surface area contributed by atoms with E-state index in [0.29, 0.717) is 41.9 Å². The van der Waals surface area contributed by atoms with Crippen LogP contribution in [-0.2, 0) is 4.74 Å². The van der Waals surface area contributed by atoms with Crippen molar-refractivity contribution in [2.75, 3.05) is 41.8 Å². The van der Waals surface area contributed by atoms with Crippen LogP contribution in [0.4, 0.5) is 23.1 Å². The maximum atomic E-state index is 13.0. The first-order chi connectivity index (χ1) is 17.6. The molecule has 8 heteroatoms. The second-order valence-electron chi connectivity index (χ2n) is 8.36. The highest BCUT2D eigenvalue weighted by Gasteiger charge is 2.15. The van der Waals surface area contributed by atoms with Gasteiger partial charge in [0.2, 0.25) is 5.95 Å². The predicted octanol–water partition coefficient (Wildman–Crippen LogP) is 5.41. The minimum atomic E-state index is -0.251. The number of nitrogens with one attached hydrogen (secondary N) is 2. The van der Waals surface area contributed by atoms with E-state index in [4.69, 9.17) is 9.47 Å². The van der Waals surface area contributed by atoms with E-state index >= 15 is 0 Å². The molecular weight excluding hydrogens is 454 g/mol. The van der Waals surface area contributed by atoms with Gasteiger partial charge in [-0.15, -0.1) is 0 Å². The number of aromatic nitrogens is 2. The monoisotopic (exact) mass is 481 g/mol. The Kier molecular flexibility index (Phi) is 7.05. The number of hydrogen-bond acceptors (Lipinski definition) is 7. The van der Waals surface area contributed by atoms with Gasteiger partial charge < -0.3 is 25.0 Å². The van der Waals surface area contributed by atoms with Gasteiger partial charge in [0.1, 0.15) is 17.3 Å². The molecule has 0 atom stereocenters.